The molecular weight excluding hydrogens is 396 g/mol. The van der Waals surface area contributed by atoms with Crippen molar-refractivity contribution < 1.29 is 15.3 Å². The van der Waals surface area contributed by atoms with Gasteiger partial charge in [0.05, 0.1) is 19.3 Å². The van der Waals surface area contributed by atoms with Gasteiger partial charge in [0.2, 0.25) is 0 Å². The average molecular weight is 439 g/mol. The van der Waals surface area contributed by atoms with Gasteiger partial charge < -0.3 is 15.3 Å². The highest BCUT2D eigenvalue weighted by Gasteiger charge is 2.35. The van der Waals surface area contributed by atoms with Gasteiger partial charge in [0.15, 0.2) is 0 Å². The quantitative estimate of drug-likeness (QED) is 0.466. The molecule has 1 atom stereocenters. The Hall–Kier alpha value is -1.68. The van der Waals surface area contributed by atoms with E-state index in [9.17, 15) is 15.3 Å². The summed E-state index contributed by atoms with van der Waals surface area (Å²) in [5, 5.41) is 29.5. The van der Waals surface area contributed by atoms with Crippen LogP contribution >= 0.6 is 0 Å². The lowest BCUT2D eigenvalue weighted by Gasteiger charge is -2.31. The summed E-state index contributed by atoms with van der Waals surface area (Å²) in [4.78, 5) is 0. The van der Waals surface area contributed by atoms with E-state index in [0.29, 0.717) is 0 Å². The molecule has 3 heteroatoms. The van der Waals surface area contributed by atoms with E-state index in [0.717, 1.165) is 36.8 Å². The summed E-state index contributed by atoms with van der Waals surface area (Å²) in [6, 6.07) is 13.1. The highest BCUT2D eigenvalue weighted by Crippen LogP contribution is 2.45. The molecule has 1 aliphatic carbocycles. The monoisotopic (exact) mass is 438 g/mol. The van der Waals surface area contributed by atoms with Crippen molar-refractivity contribution in [2.45, 2.75) is 104 Å². The third-order valence-corrected chi connectivity index (χ3v) is 7.71. The second-order valence-electron chi connectivity index (χ2n) is 11.0. The maximum atomic E-state index is 10.4. The minimum Gasteiger partial charge on any atom is -0.393 e. The molecular formula is C29H42O3. The first kappa shape index (κ1) is 25.0. The Kier molecular flexibility index (Phi) is 8.19. The third-order valence-electron chi connectivity index (χ3n) is 7.71. The molecule has 0 spiro atoms. The van der Waals surface area contributed by atoms with Gasteiger partial charge in [0, 0.05) is 0 Å². The number of hydrogen-bond donors (Lipinski definition) is 3. The molecule has 3 N–H and O–H groups in total. The molecule has 1 saturated carbocycles. The molecule has 0 aliphatic heterocycles. The fraction of sp³-hybridized carbons (Fsp3) is 0.586. The Balaban J connectivity index is 1.74. The average Bonchev–Trinajstić information content (AvgIpc) is 3.26. The van der Waals surface area contributed by atoms with Gasteiger partial charge >= 0.3 is 0 Å². The van der Waals surface area contributed by atoms with Gasteiger partial charge in [-0.3, -0.25) is 0 Å². The highest BCUT2D eigenvalue weighted by atomic mass is 16.3. The molecule has 0 radical (unpaired) electrons. The highest BCUT2D eigenvalue weighted by molar-refractivity contribution is 5.37. The Morgan fingerprint density at radius 2 is 1.53 bits per heavy atom. The van der Waals surface area contributed by atoms with Crippen LogP contribution in [0, 0.1) is 12.3 Å². The van der Waals surface area contributed by atoms with Gasteiger partial charge in [-0.25, -0.2) is 0 Å². The van der Waals surface area contributed by atoms with Crippen molar-refractivity contribution in [3.05, 3.63) is 69.8 Å². The zero-order chi connectivity index (χ0) is 23.4. The molecule has 2 aromatic carbocycles. The predicted molar refractivity (Wildman–Crippen MR) is 132 cm³/mol. The van der Waals surface area contributed by atoms with Crippen LogP contribution in [0.25, 0.3) is 0 Å². The van der Waals surface area contributed by atoms with Crippen molar-refractivity contribution in [1.82, 2.24) is 0 Å². The largest absolute Gasteiger partial charge is 0.393 e. The molecule has 0 aromatic heterocycles. The van der Waals surface area contributed by atoms with Crippen molar-refractivity contribution in [2.24, 2.45) is 5.41 Å². The zero-order valence-corrected chi connectivity index (χ0v) is 20.5. The summed E-state index contributed by atoms with van der Waals surface area (Å²) in [7, 11) is 0. The molecule has 1 unspecified atom stereocenters. The second kappa shape index (κ2) is 10.5. The summed E-state index contributed by atoms with van der Waals surface area (Å²) < 4.78 is 0. The second-order valence-corrected chi connectivity index (χ2v) is 11.0. The lowest BCUT2D eigenvalue weighted by atomic mass is 9.73. The third kappa shape index (κ3) is 5.81. The zero-order valence-electron chi connectivity index (χ0n) is 20.5. The topological polar surface area (TPSA) is 60.7 Å². The lowest BCUT2D eigenvalue weighted by molar-refractivity contribution is 0.0559. The summed E-state index contributed by atoms with van der Waals surface area (Å²) >= 11 is 0. The Labute approximate surface area is 194 Å². The van der Waals surface area contributed by atoms with Crippen molar-refractivity contribution in [3.63, 3.8) is 0 Å². The normalized spacial score (nSPS) is 17.0. The summed E-state index contributed by atoms with van der Waals surface area (Å²) in [6.07, 6.45) is 8.54. The maximum absolute atomic E-state index is 10.4. The summed E-state index contributed by atoms with van der Waals surface area (Å²) in [5.41, 5.74) is 7.18. The van der Waals surface area contributed by atoms with Crippen molar-refractivity contribution in [2.75, 3.05) is 0 Å². The fourth-order valence-electron chi connectivity index (χ4n) is 5.29. The van der Waals surface area contributed by atoms with Crippen LogP contribution in [0.3, 0.4) is 0 Å². The number of aliphatic hydroxyl groups is 3. The van der Waals surface area contributed by atoms with Crippen molar-refractivity contribution in [3.8, 4) is 0 Å². The fourth-order valence-corrected chi connectivity index (χ4v) is 5.29. The number of aryl methyl sites for hydroxylation is 3. The molecule has 0 amide bonds. The Morgan fingerprint density at radius 1 is 0.875 bits per heavy atom. The van der Waals surface area contributed by atoms with Crippen LogP contribution < -0.4 is 0 Å². The summed E-state index contributed by atoms with van der Waals surface area (Å²) in [5.74, 6) is 0. The van der Waals surface area contributed by atoms with Crippen LogP contribution in [-0.2, 0) is 31.5 Å². The SMILES string of the molecule is Cc1cc(C2(CCc3ccc(CO)c(CO)c3)CCCC2)ccc1CCC(O)C(C)(C)C. The predicted octanol–water partition coefficient (Wildman–Crippen LogP) is 5.76. The maximum Gasteiger partial charge on any atom is 0.0685 e. The molecule has 1 aliphatic rings. The standard InChI is InChI=1S/C29H42O3/c1-21-17-26(11-9-23(21)10-12-27(32)28(2,3)4)29(14-5-6-15-29)16-13-22-7-8-24(19-30)25(18-22)20-31/h7-9,11,17-18,27,30-32H,5-6,10,12-16,19-20H2,1-4H3. The Morgan fingerprint density at radius 3 is 2.12 bits per heavy atom. The van der Waals surface area contributed by atoms with Gasteiger partial charge in [-0.15, -0.1) is 0 Å². The van der Waals surface area contributed by atoms with E-state index in [4.69, 9.17) is 0 Å². The van der Waals surface area contributed by atoms with E-state index >= 15 is 0 Å². The van der Waals surface area contributed by atoms with E-state index in [2.05, 4.69) is 58.0 Å². The molecule has 0 heterocycles. The smallest absolute Gasteiger partial charge is 0.0685 e. The molecule has 0 saturated heterocycles. The lowest BCUT2D eigenvalue weighted by Crippen LogP contribution is -2.26. The van der Waals surface area contributed by atoms with E-state index < -0.39 is 0 Å². The number of benzene rings is 2. The van der Waals surface area contributed by atoms with Crippen LogP contribution in [-0.4, -0.2) is 21.4 Å². The van der Waals surface area contributed by atoms with E-state index in [1.807, 2.05) is 6.07 Å². The van der Waals surface area contributed by atoms with Gasteiger partial charge in [0.25, 0.3) is 0 Å². The molecule has 32 heavy (non-hydrogen) atoms. The first-order valence-electron chi connectivity index (χ1n) is 12.3. The first-order chi connectivity index (χ1) is 15.2. The minimum atomic E-state index is -0.288. The van der Waals surface area contributed by atoms with E-state index in [-0.39, 0.29) is 30.1 Å². The van der Waals surface area contributed by atoms with Crippen molar-refractivity contribution in [1.29, 1.82) is 0 Å². The number of aliphatic hydroxyl groups excluding tert-OH is 3. The van der Waals surface area contributed by atoms with Crippen molar-refractivity contribution >= 4 is 0 Å². The Bertz CT molecular complexity index is 888. The number of hydrogen-bond acceptors (Lipinski definition) is 3. The van der Waals surface area contributed by atoms with E-state index in [1.54, 1.807) is 0 Å². The first-order valence-corrected chi connectivity index (χ1v) is 12.3. The van der Waals surface area contributed by atoms with Crippen LogP contribution in [0.5, 0.6) is 0 Å². The van der Waals surface area contributed by atoms with E-state index in [1.165, 1.54) is 47.9 Å². The molecule has 3 rings (SSSR count). The van der Waals surface area contributed by atoms with Crippen LogP contribution in [0.2, 0.25) is 0 Å². The van der Waals surface area contributed by atoms with Crippen LogP contribution in [0.15, 0.2) is 36.4 Å². The minimum absolute atomic E-state index is 0.0283. The van der Waals surface area contributed by atoms with Gasteiger partial charge in [-0.1, -0.05) is 70.0 Å². The molecule has 0 bridgehead atoms. The molecule has 2 aromatic rings. The molecule has 3 nitrogen and oxygen atoms in total. The van der Waals surface area contributed by atoms with Crippen LogP contribution in [0.1, 0.15) is 92.7 Å². The van der Waals surface area contributed by atoms with Gasteiger partial charge in [-0.05, 0) is 89.7 Å². The molecule has 1 fully saturated rings. The molecule has 176 valence electrons. The summed E-state index contributed by atoms with van der Waals surface area (Å²) in [6.45, 7) is 8.44. The number of rotatable bonds is 9. The van der Waals surface area contributed by atoms with Gasteiger partial charge in [0.1, 0.15) is 0 Å². The van der Waals surface area contributed by atoms with Gasteiger partial charge in [-0.2, -0.15) is 0 Å². The van der Waals surface area contributed by atoms with Crippen LogP contribution in [0.4, 0.5) is 0 Å².